The number of amides is 1. The van der Waals surface area contributed by atoms with Crippen molar-refractivity contribution in [3.8, 4) is 0 Å². The van der Waals surface area contributed by atoms with Crippen LogP contribution >= 0.6 is 11.6 Å². The summed E-state index contributed by atoms with van der Waals surface area (Å²) in [6.45, 7) is 1.98. The molecule has 0 aliphatic carbocycles. The number of halogens is 2. The molecular weight excluding hydrogens is 229 g/mol. The molecule has 1 aliphatic heterocycles. The van der Waals surface area contributed by atoms with Gasteiger partial charge >= 0.3 is 0 Å². The molecule has 1 fully saturated rings. The molecule has 2 rings (SSSR count). The van der Waals surface area contributed by atoms with Gasteiger partial charge in [0.1, 0.15) is 5.82 Å². The third-order valence-electron chi connectivity index (χ3n) is 3.06. The topological polar surface area (TPSA) is 29.1 Å². The molecule has 0 bridgehead atoms. The molecule has 0 aromatic heterocycles. The van der Waals surface area contributed by atoms with Gasteiger partial charge in [0.05, 0.1) is 5.02 Å². The molecule has 16 heavy (non-hydrogen) atoms. The van der Waals surface area contributed by atoms with Crippen LogP contribution in [0.5, 0.6) is 0 Å². The average molecular weight is 242 g/mol. The van der Waals surface area contributed by atoms with Crippen LogP contribution < -0.4 is 5.32 Å². The Kier molecular flexibility index (Phi) is 3.15. The first-order valence-electron chi connectivity index (χ1n) is 5.36. The molecule has 1 aromatic rings. The van der Waals surface area contributed by atoms with Gasteiger partial charge in [0.15, 0.2) is 0 Å². The van der Waals surface area contributed by atoms with Gasteiger partial charge in [-0.2, -0.15) is 0 Å². The molecule has 2 atom stereocenters. The smallest absolute Gasteiger partial charge is 0.220 e. The van der Waals surface area contributed by atoms with Crippen molar-refractivity contribution in [1.29, 1.82) is 0 Å². The minimum Gasteiger partial charge on any atom is -0.353 e. The summed E-state index contributed by atoms with van der Waals surface area (Å²) >= 11 is 5.74. The van der Waals surface area contributed by atoms with Crippen molar-refractivity contribution >= 4 is 17.5 Å². The van der Waals surface area contributed by atoms with E-state index in [4.69, 9.17) is 11.6 Å². The summed E-state index contributed by atoms with van der Waals surface area (Å²) in [6.07, 6.45) is 1.14. The number of carbonyl (C=O) groups excluding carboxylic acids is 1. The Morgan fingerprint density at radius 1 is 1.56 bits per heavy atom. The lowest BCUT2D eigenvalue weighted by Crippen LogP contribution is -2.27. The SMILES string of the molecule is CCC1NC(=O)CC1c1cccc(Cl)c1F. The zero-order valence-corrected chi connectivity index (χ0v) is 9.72. The van der Waals surface area contributed by atoms with Gasteiger partial charge in [0.25, 0.3) is 0 Å². The van der Waals surface area contributed by atoms with E-state index >= 15 is 0 Å². The fourth-order valence-electron chi connectivity index (χ4n) is 2.23. The number of benzene rings is 1. The standard InChI is InChI=1S/C12H13ClFNO/c1-2-10-8(6-11(16)15-10)7-4-3-5-9(13)12(7)14/h3-5,8,10H,2,6H2,1H3,(H,15,16). The number of nitrogens with one attached hydrogen (secondary N) is 1. The molecule has 86 valence electrons. The maximum atomic E-state index is 13.8. The van der Waals surface area contributed by atoms with Crippen molar-refractivity contribution in [3.05, 3.63) is 34.6 Å². The second kappa shape index (κ2) is 4.42. The van der Waals surface area contributed by atoms with E-state index in [2.05, 4.69) is 5.32 Å². The molecule has 1 amide bonds. The van der Waals surface area contributed by atoms with Crippen molar-refractivity contribution in [2.75, 3.05) is 0 Å². The fourth-order valence-corrected chi connectivity index (χ4v) is 2.41. The molecule has 1 saturated heterocycles. The molecule has 2 unspecified atom stereocenters. The van der Waals surface area contributed by atoms with Crippen molar-refractivity contribution in [1.82, 2.24) is 5.32 Å². The van der Waals surface area contributed by atoms with Crippen molar-refractivity contribution in [2.24, 2.45) is 0 Å². The Morgan fingerprint density at radius 2 is 2.31 bits per heavy atom. The minimum absolute atomic E-state index is 0.0143. The van der Waals surface area contributed by atoms with E-state index in [1.165, 1.54) is 6.07 Å². The predicted octanol–water partition coefficient (Wildman–Crippen LogP) is 2.86. The van der Waals surface area contributed by atoms with Gasteiger partial charge < -0.3 is 5.32 Å². The van der Waals surface area contributed by atoms with E-state index in [0.29, 0.717) is 12.0 Å². The summed E-state index contributed by atoms with van der Waals surface area (Å²) < 4.78 is 13.8. The van der Waals surface area contributed by atoms with E-state index in [9.17, 15) is 9.18 Å². The second-order valence-electron chi connectivity index (χ2n) is 4.04. The molecule has 1 aliphatic rings. The number of rotatable bonds is 2. The van der Waals surface area contributed by atoms with Crippen LogP contribution in [0.3, 0.4) is 0 Å². The zero-order chi connectivity index (χ0) is 11.7. The summed E-state index contributed by atoms with van der Waals surface area (Å²) in [5.41, 5.74) is 0.540. The first kappa shape index (κ1) is 11.4. The van der Waals surface area contributed by atoms with Crippen LogP contribution in [0.2, 0.25) is 5.02 Å². The van der Waals surface area contributed by atoms with Gasteiger partial charge in [0.2, 0.25) is 5.91 Å². The van der Waals surface area contributed by atoms with Crippen LogP contribution in [0.25, 0.3) is 0 Å². The second-order valence-corrected chi connectivity index (χ2v) is 4.44. The van der Waals surface area contributed by atoms with Gasteiger partial charge in [-0.3, -0.25) is 4.79 Å². The van der Waals surface area contributed by atoms with E-state index in [-0.39, 0.29) is 22.9 Å². The third kappa shape index (κ3) is 1.92. The van der Waals surface area contributed by atoms with E-state index in [1.54, 1.807) is 12.1 Å². The van der Waals surface area contributed by atoms with Crippen molar-refractivity contribution < 1.29 is 9.18 Å². The fraction of sp³-hybridized carbons (Fsp3) is 0.417. The summed E-state index contributed by atoms with van der Waals surface area (Å²) in [7, 11) is 0. The first-order valence-corrected chi connectivity index (χ1v) is 5.74. The number of hydrogen-bond donors (Lipinski definition) is 1. The van der Waals surface area contributed by atoms with E-state index in [1.807, 2.05) is 6.92 Å². The summed E-state index contributed by atoms with van der Waals surface area (Å²) in [5.74, 6) is -0.517. The number of hydrogen-bond acceptors (Lipinski definition) is 1. The highest BCUT2D eigenvalue weighted by molar-refractivity contribution is 6.30. The van der Waals surface area contributed by atoms with Gasteiger partial charge in [-0.1, -0.05) is 30.7 Å². The Hall–Kier alpha value is -1.09. The first-order chi connectivity index (χ1) is 7.63. The van der Waals surface area contributed by atoms with Crippen LogP contribution in [-0.4, -0.2) is 11.9 Å². The van der Waals surface area contributed by atoms with E-state index < -0.39 is 5.82 Å². The van der Waals surface area contributed by atoms with Gasteiger partial charge in [-0.05, 0) is 18.1 Å². The van der Waals surface area contributed by atoms with Crippen LogP contribution in [0.15, 0.2) is 18.2 Å². The maximum absolute atomic E-state index is 13.8. The summed E-state index contributed by atoms with van der Waals surface area (Å²) in [6, 6.07) is 4.96. The van der Waals surface area contributed by atoms with Crippen LogP contribution in [-0.2, 0) is 4.79 Å². The normalized spacial score (nSPS) is 24.6. The minimum atomic E-state index is -0.399. The quantitative estimate of drug-likeness (QED) is 0.848. The van der Waals surface area contributed by atoms with Gasteiger partial charge in [0, 0.05) is 18.4 Å². The van der Waals surface area contributed by atoms with Crippen molar-refractivity contribution in [3.63, 3.8) is 0 Å². The molecule has 0 radical (unpaired) electrons. The van der Waals surface area contributed by atoms with Gasteiger partial charge in [-0.25, -0.2) is 4.39 Å². The summed E-state index contributed by atoms with van der Waals surface area (Å²) in [4.78, 5) is 11.3. The Bertz CT molecular complexity index is 421. The molecule has 0 spiro atoms. The molecular formula is C12H13ClFNO. The highest BCUT2D eigenvalue weighted by Gasteiger charge is 2.34. The van der Waals surface area contributed by atoms with Crippen molar-refractivity contribution in [2.45, 2.75) is 31.7 Å². The highest BCUT2D eigenvalue weighted by atomic mass is 35.5. The van der Waals surface area contributed by atoms with Crippen LogP contribution in [0.4, 0.5) is 4.39 Å². The lowest BCUT2D eigenvalue weighted by Gasteiger charge is -2.18. The molecule has 4 heteroatoms. The number of carbonyl (C=O) groups is 1. The summed E-state index contributed by atoms with van der Waals surface area (Å²) in [5, 5.41) is 2.97. The van der Waals surface area contributed by atoms with Crippen LogP contribution in [0.1, 0.15) is 31.2 Å². The average Bonchev–Trinajstić information content (AvgIpc) is 2.63. The largest absolute Gasteiger partial charge is 0.353 e. The molecule has 2 nitrogen and oxygen atoms in total. The molecule has 1 heterocycles. The third-order valence-corrected chi connectivity index (χ3v) is 3.35. The Labute approximate surface area is 98.8 Å². The van der Waals surface area contributed by atoms with Gasteiger partial charge in [-0.15, -0.1) is 0 Å². The monoisotopic (exact) mass is 241 g/mol. The molecule has 1 N–H and O–H groups in total. The maximum Gasteiger partial charge on any atom is 0.220 e. The molecule has 0 saturated carbocycles. The zero-order valence-electron chi connectivity index (χ0n) is 8.97. The molecule has 1 aromatic carbocycles. The lowest BCUT2D eigenvalue weighted by molar-refractivity contribution is -0.119. The lowest BCUT2D eigenvalue weighted by atomic mass is 9.90. The van der Waals surface area contributed by atoms with E-state index in [0.717, 1.165) is 6.42 Å². The Balaban J connectivity index is 2.36. The highest BCUT2D eigenvalue weighted by Crippen LogP contribution is 2.33. The van der Waals surface area contributed by atoms with Crippen LogP contribution in [0, 0.1) is 5.82 Å². The Morgan fingerprint density at radius 3 is 3.00 bits per heavy atom. The predicted molar refractivity (Wildman–Crippen MR) is 61.0 cm³/mol.